The number of carbonyl (C=O) groups excluding carboxylic acids is 1. The molecule has 0 aromatic carbocycles. The van der Waals surface area contributed by atoms with Gasteiger partial charge < -0.3 is 10.6 Å². The average molecular weight is 323 g/mol. The molecule has 20 heavy (non-hydrogen) atoms. The Morgan fingerprint density at radius 1 is 1.35 bits per heavy atom. The minimum atomic E-state index is -0.307. The normalized spacial score (nSPS) is 21.9. The van der Waals surface area contributed by atoms with Gasteiger partial charge in [0.05, 0.1) is 6.04 Å². The van der Waals surface area contributed by atoms with Crippen molar-refractivity contribution in [1.82, 2.24) is 4.90 Å². The molecule has 1 aliphatic rings. The van der Waals surface area contributed by atoms with E-state index in [-0.39, 0.29) is 24.4 Å². The maximum atomic E-state index is 12.3. The highest BCUT2D eigenvalue weighted by molar-refractivity contribution is 7.98. The summed E-state index contributed by atoms with van der Waals surface area (Å²) >= 11 is 1.75. The Morgan fingerprint density at radius 2 is 2.00 bits per heavy atom. The lowest BCUT2D eigenvalue weighted by Crippen LogP contribution is -2.44. The summed E-state index contributed by atoms with van der Waals surface area (Å²) in [5, 5.41) is 0. The van der Waals surface area contributed by atoms with Crippen LogP contribution in [-0.4, -0.2) is 41.9 Å². The zero-order chi connectivity index (χ0) is 14.5. The highest BCUT2D eigenvalue weighted by Gasteiger charge is 2.29. The predicted octanol–water partition coefficient (Wildman–Crippen LogP) is 3.16. The van der Waals surface area contributed by atoms with Crippen LogP contribution in [0, 0.1) is 11.3 Å². The van der Waals surface area contributed by atoms with E-state index in [1.54, 1.807) is 11.8 Å². The second-order valence-corrected chi connectivity index (χ2v) is 7.69. The monoisotopic (exact) mass is 322 g/mol. The summed E-state index contributed by atoms with van der Waals surface area (Å²) in [5.41, 5.74) is 6.35. The number of hydrogen-bond acceptors (Lipinski definition) is 3. The van der Waals surface area contributed by atoms with Crippen LogP contribution in [0.4, 0.5) is 0 Å². The molecule has 120 valence electrons. The van der Waals surface area contributed by atoms with E-state index in [4.69, 9.17) is 5.73 Å². The number of likely N-dealkylation sites (tertiary alicyclic amines) is 1. The lowest BCUT2D eigenvalue weighted by molar-refractivity contribution is -0.132. The summed E-state index contributed by atoms with van der Waals surface area (Å²) in [6, 6.07) is -0.307. The minimum Gasteiger partial charge on any atom is -0.341 e. The van der Waals surface area contributed by atoms with Crippen LogP contribution in [0.25, 0.3) is 0 Å². The molecule has 1 unspecified atom stereocenters. The first-order valence-corrected chi connectivity index (χ1v) is 8.79. The van der Waals surface area contributed by atoms with E-state index in [0.717, 1.165) is 38.1 Å². The molecular formula is C15H31ClN2OS. The number of thioether (sulfide) groups is 1. The number of rotatable bonds is 4. The first kappa shape index (κ1) is 20.1. The second-order valence-electron chi connectivity index (χ2n) is 6.71. The Morgan fingerprint density at radius 3 is 2.55 bits per heavy atom. The van der Waals surface area contributed by atoms with Crippen LogP contribution < -0.4 is 5.73 Å². The van der Waals surface area contributed by atoms with Gasteiger partial charge in [-0.25, -0.2) is 0 Å². The fourth-order valence-electron chi connectivity index (χ4n) is 2.79. The van der Waals surface area contributed by atoms with Crippen LogP contribution in [0.2, 0.25) is 0 Å². The summed E-state index contributed by atoms with van der Waals surface area (Å²) < 4.78 is 0. The van der Waals surface area contributed by atoms with Gasteiger partial charge in [0.25, 0.3) is 0 Å². The van der Waals surface area contributed by atoms with Crippen LogP contribution in [0.1, 0.15) is 46.5 Å². The molecular weight excluding hydrogens is 292 g/mol. The van der Waals surface area contributed by atoms with Gasteiger partial charge in [0.15, 0.2) is 0 Å². The fourth-order valence-corrected chi connectivity index (χ4v) is 3.28. The molecule has 0 aliphatic carbocycles. The zero-order valence-corrected chi connectivity index (χ0v) is 15.0. The number of nitrogens with two attached hydrogens (primary N) is 1. The molecule has 2 atom stereocenters. The number of amides is 1. The van der Waals surface area contributed by atoms with E-state index in [1.807, 2.05) is 4.90 Å². The Balaban J connectivity index is 0.00000361. The summed E-state index contributed by atoms with van der Waals surface area (Å²) in [6.45, 7) is 8.68. The Hall–Kier alpha value is 0.0700. The largest absolute Gasteiger partial charge is 0.341 e. The van der Waals surface area contributed by atoms with Gasteiger partial charge >= 0.3 is 0 Å². The van der Waals surface area contributed by atoms with E-state index in [1.165, 1.54) is 6.42 Å². The number of hydrogen-bond donors (Lipinski definition) is 1. The molecule has 3 nitrogen and oxygen atoms in total. The van der Waals surface area contributed by atoms with E-state index in [9.17, 15) is 4.79 Å². The van der Waals surface area contributed by atoms with Crippen LogP contribution in [-0.2, 0) is 4.79 Å². The van der Waals surface area contributed by atoms with E-state index < -0.39 is 0 Å². The quantitative estimate of drug-likeness (QED) is 0.864. The molecule has 0 spiro atoms. The van der Waals surface area contributed by atoms with Gasteiger partial charge in [-0.1, -0.05) is 20.8 Å². The van der Waals surface area contributed by atoms with Crippen molar-refractivity contribution in [2.24, 2.45) is 17.1 Å². The van der Waals surface area contributed by atoms with Crippen LogP contribution >= 0.6 is 24.2 Å². The van der Waals surface area contributed by atoms with Gasteiger partial charge in [-0.3, -0.25) is 4.79 Å². The Bertz CT molecular complexity index is 294. The Labute approximate surface area is 134 Å². The summed E-state index contributed by atoms with van der Waals surface area (Å²) in [6.07, 6.45) is 6.30. The Kier molecular flexibility index (Phi) is 9.19. The van der Waals surface area contributed by atoms with E-state index in [0.29, 0.717) is 11.3 Å². The molecule has 5 heteroatoms. The topological polar surface area (TPSA) is 46.3 Å². The summed E-state index contributed by atoms with van der Waals surface area (Å²) in [5.74, 6) is 1.84. The third-order valence-electron chi connectivity index (χ3n) is 4.21. The van der Waals surface area contributed by atoms with Crippen LogP contribution in [0.3, 0.4) is 0 Å². The molecule has 2 N–H and O–H groups in total. The lowest BCUT2D eigenvalue weighted by atomic mass is 9.77. The molecule has 0 aromatic rings. The maximum absolute atomic E-state index is 12.3. The standard InChI is InChI=1S/C15H30N2OS.ClH/c1-15(2,3)12-6-5-9-17(10-7-12)14(18)13(16)8-11-19-4;/h12-13H,5-11,16H2,1-4H3;1H/t12?,13-;/m0./s1. The van der Waals surface area contributed by atoms with E-state index >= 15 is 0 Å². The second kappa shape index (κ2) is 9.16. The molecule has 0 radical (unpaired) electrons. The third-order valence-corrected chi connectivity index (χ3v) is 4.86. The maximum Gasteiger partial charge on any atom is 0.239 e. The molecule has 1 rings (SSSR count). The van der Waals surface area contributed by atoms with Gasteiger partial charge in [-0.05, 0) is 49.0 Å². The SMILES string of the molecule is CSCC[C@H](N)C(=O)N1CCCC(C(C)(C)C)CC1.Cl. The number of nitrogens with zero attached hydrogens (tertiary/aromatic N) is 1. The van der Waals surface area contributed by atoms with Crippen molar-refractivity contribution in [3.63, 3.8) is 0 Å². The van der Waals surface area contributed by atoms with Crippen LogP contribution in [0.15, 0.2) is 0 Å². The number of carbonyl (C=O) groups is 1. The van der Waals surface area contributed by atoms with Gasteiger partial charge in [0, 0.05) is 13.1 Å². The first-order valence-electron chi connectivity index (χ1n) is 7.39. The number of halogens is 1. The smallest absolute Gasteiger partial charge is 0.239 e. The molecule has 0 bridgehead atoms. The molecule has 1 heterocycles. The van der Waals surface area contributed by atoms with Crippen LogP contribution in [0.5, 0.6) is 0 Å². The van der Waals surface area contributed by atoms with Crippen molar-refractivity contribution in [2.75, 3.05) is 25.1 Å². The predicted molar refractivity (Wildman–Crippen MR) is 91.6 cm³/mol. The summed E-state index contributed by atoms with van der Waals surface area (Å²) in [4.78, 5) is 14.3. The van der Waals surface area contributed by atoms with Crippen molar-refractivity contribution in [1.29, 1.82) is 0 Å². The lowest BCUT2D eigenvalue weighted by Gasteiger charge is -2.30. The highest BCUT2D eigenvalue weighted by Crippen LogP contribution is 2.34. The van der Waals surface area contributed by atoms with Gasteiger partial charge in [-0.2, -0.15) is 11.8 Å². The third kappa shape index (κ3) is 6.23. The van der Waals surface area contributed by atoms with Crippen molar-refractivity contribution in [2.45, 2.75) is 52.5 Å². The van der Waals surface area contributed by atoms with Gasteiger partial charge in [0.2, 0.25) is 5.91 Å². The van der Waals surface area contributed by atoms with Crippen molar-refractivity contribution in [3.05, 3.63) is 0 Å². The highest BCUT2D eigenvalue weighted by atomic mass is 35.5. The van der Waals surface area contributed by atoms with Gasteiger partial charge in [-0.15, -0.1) is 12.4 Å². The molecule has 1 aliphatic heterocycles. The summed E-state index contributed by atoms with van der Waals surface area (Å²) in [7, 11) is 0. The fraction of sp³-hybridized carbons (Fsp3) is 0.933. The molecule has 1 saturated heterocycles. The van der Waals surface area contributed by atoms with Crippen molar-refractivity contribution >= 4 is 30.1 Å². The van der Waals surface area contributed by atoms with Crippen molar-refractivity contribution < 1.29 is 4.79 Å². The minimum absolute atomic E-state index is 0. The molecule has 1 amide bonds. The molecule has 0 aromatic heterocycles. The average Bonchev–Trinajstić information content (AvgIpc) is 2.60. The molecule has 1 fully saturated rings. The molecule has 0 saturated carbocycles. The zero-order valence-electron chi connectivity index (χ0n) is 13.4. The van der Waals surface area contributed by atoms with Gasteiger partial charge in [0.1, 0.15) is 0 Å². The van der Waals surface area contributed by atoms with E-state index in [2.05, 4.69) is 27.0 Å². The van der Waals surface area contributed by atoms with Crippen molar-refractivity contribution in [3.8, 4) is 0 Å². The first-order chi connectivity index (χ1) is 8.86.